The van der Waals surface area contributed by atoms with Crippen LogP contribution in [0, 0.1) is 5.92 Å². The first kappa shape index (κ1) is 13.6. The van der Waals surface area contributed by atoms with E-state index in [-0.39, 0.29) is 5.91 Å². The molecule has 0 saturated carbocycles. The molecule has 2 aromatic rings. The number of allylic oxidation sites excluding steroid dienone is 2. The first-order valence-electron chi connectivity index (χ1n) is 7.33. The van der Waals surface area contributed by atoms with Crippen molar-refractivity contribution in [2.24, 2.45) is 5.92 Å². The van der Waals surface area contributed by atoms with Crippen molar-refractivity contribution in [1.29, 1.82) is 0 Å². The molecular formula is C17H19N3O. The summed E-state index contributed by atoms with van der Waals surface area (Å²) in [4.78, 5) is 11.9. The van der Waals surface area contributed by atoms with Crippen molar-refractivity contribution in [2.45, 2.75) is 25.8 Å². The van der Waals surface area contributed by atoms with E-state index >= 15 is 0 Å². The Kier molecular flexibility index (Phi) is 4.15. The number of amides is 1. The molecule has 0 saturated heterocycles. The fourth-order valence-corrected chi connectivity index (χ4v) is 2.55. The topological polar surface area (TPSA) is 46.9 Å². The maximum Gasteiger partial charge on any atom is 0.220 e. The van der Waals surface area contributed by atoms with Crippen LogP contribution in [0.1, 0.15) is 24.8 Å². The Hall–Kier alpha value is -2.36. The summed E-state index contributed by atoms with van der Waals surface area (Å²) in [5.41, 5.74) is 2.03. The van der Waals surface area contributed by atoms with Gasteiger partial charge in [-0.05, 0) is 30.9 Å². The second-order valence-corrected chi connectivity index (χ2v) is 5.38. The third kappa shape index (κ3) is 3.60. The van der Waals surface area contributed by atoms with Crippen LogP contribution in [0.3, 0.4) is 0 Å². The Morgan fingerprint density at radius 2 is 2.19 bits per heavy atom. The lowest BCUT2D eigenvalue weighted by Crippen LogP contribution is -2.24. The van der Waals surface area contributed by atoms with Gasteiger partial charge >= 0.3 is 0 Å². The molecule has 4 nitrogen and oxygen atoms in total. The summed E-state index contributed by atoms with van der Waals surface area (Å²) >= 11 is 0. The van der Waals surface area contributed by atoms with E-state index in [1.807, 2.05) is 41.2 Å². The highest BCUT2D eigenvalue weighted by molar-refractivity contribution is 5.76. The van der Waals surface area contributed by atoms with Gasteiger partial charge in [-0.2, -0.15) is 5.10 Å². The van der Waals surface area contributed by atoms with Gasteiger partial charge in [0.2, 0.25) is 5.91 Å². The number of hydrogen-bond acceptors (Lipinski definition) is 2. The predicted octanol–water partition coefficient (Wildman–Crippen LogP) is 2.84. The smallest absolute Gasteiger partial charge is 0.220 e. The lowest BCUT2D eigenvalue weighted by molar-refractivity contribution is -0.121. The van der Waals surface area contributed by atoms with Crippen molar-refractivity contribution in [3.05, 3.63) is 60.4 Å². The zero-order chi connectivity index (χ0) is 14.5. The normalized spacial score (nSPS) is 17.0. The molecule has 1 amide bonds. The lowest BCUT2D eigenvalue weighted by Gasteiger charge is -2.07. The number of hydrogen-bond donors (Lipinski definition) is 1. The van der Waals surface area contributed by atoms with Gasteiger partial charge in [0.25, 0.3) is 0 Å². The van der Waals surface area contributed by atoms with Crippen LogP contribution in [0.4, 0.5) is 0 Å². The number of aromatic nitrogens is 2. The molecule has 0 radical (unpaired) electrons. The predicted molar refractivity (Wildman–Crippen MR) is 81.9 cm³/mol. The van der Waals surface area contributed by atoms with Crippen LogP contribution in [0.5, 0.6) is 0 Å². The fourth-order valence-electron chi connectivity index (χ4n) is 2.55. The quantitative estimate of drug-likeness (QED) is 0.857. The van der Waals surface area contributed by atoms with Gasteiger partial charge < -0.3 is 5.32 Å². The summed E-state index contributed by atoms with van der Waals surface area (Å²) in [6.07, 6.45) is 10.8. The van der Waals surface area contributed by atoms with E-state index in [9.17, 15) is 4.79 Å². The van der Waals surface area contributed by atoms with E-state index in [0.29, 0.717) is 18.9 Å². The molecule has 1 aliphatic carbocycles. The molecule has 1 atom stereocenters. The SMILES string of the molecule is O=C(CC1C=CCC1)NCc1cnn(-c2ccccc2)c1. The van der Waals surface area contributed by atoms with E-state index in [1.165, 1.54) is 0 Å². The zero-order valence-electron chi connectivity index (χ0n) is 11.9. The monoisotopic (exact) mass is 281 g/mol. The van der Waals surface area contributed by atoms with Gasteiger partial charge in [0, 0.05) is 24.7 Å². The Bertz CT molecular complexity index is 630. The molecule has 1 aromatic carbocycles. The van der Waals surface area contributed by atoms with E-state index in [1.54, 1.807) is 6.20 Å². The van der Waals surface area contributed by atoms with Crippen LogP contribution in [-0.2, 0) is 11.3 Å². The number of carbonyl (C=O) groups excluding carboxylic acids is 1. The Balaban J connectivity index is 1.53. The summed E-state index contributed by atoms with van der Waals surface area (Å²) in [6.45, 7) is 0.530. The molecule has 0 aliphatic heterocycles. The van der Waals surface area contributed by atoms with Crippen LogP contribution < -0.4 is 5.32 Å². The third-order valence-electron chi connectivity index (χ3n) is 3.71. The Labute approximate surface area is 124 Å². The highest BCUT2D eigenvalue weighted by Gasteiger charge is 2.13. The van der Waals surface area contributed by atoms with Gasteiger partial charge in [-0.1, -0.05) is 30.4 Å². The van der Waals surface area contributed by atoms with E-state index in [0.717, 1.165) is 24.1 Å². The molecule has 1 N–H and O–H groups in total. The average Bonchev–Trinajstić information content (AvgIpc) is 3.17. The summed E-state index contributed by atoms with van der Waals surface area (Å²) < 4.78 is 1.82. The molecule has 0 fully saturated rings. The molecule has 21 heavy (non-hydrogen) atoms. The van der Waals surface area contributed by atoms with Gasteiger partial charge in [0.15, 0.2) is 0 Å². The molecule has 0 bridgehead atoms. The van der Waals surface area contributed by atoms with Crippen molar-refractivity contribution in [3.63, 3.8) is 0 Å². The second kappa shape index (κ2) is 6.39. The minimum Gasteiger partial charge on any atom is -0.352 e. The highest BCUT2D eigenvalue weighted by atomic mass is 16.1. The van der Waals surface area contributed by atoms with Crippen molar-refractivity contribution < 1.29 is 4.79 Å². The number of carbonyl (C=O) groups is 1. The number of rotatable bonds is 5. The van der Waals surface area contributed by atoms with Gasteiger partial charge in [0.05, 0.1) is 11.9 Å². The van der Waals surface area contributed by atoms with Crippen LogP contribution in [0.15, 0.2) is 54.9 Å². The molecule has 108 valence electrons. The Morgan fingerprint density at radius 1 is 1.33 bits per heavy atom. The van der Waals surface area contributed by atoms with Crippen molar-refractivity contribution in [2.75, 3.05) is 0 Å². The van der Waals surface area contributed by atoms with Crippen LogP contribution in [-0.4, -0.2) is 15.7 Å². The standard InChI is InChI=1S/C17H19N3O/c21-17(10-14-6-4-5-7-14)18-11-15-12-19-20(13-15)16-8-2-1-3-9-16/h1-4,6,8-9,12-14H,5,7,10-11H2,(H,18,21). The van der Waals surface area contributed by atoms with Crippen molar-refractivity contribution >= 4 is 5.91 Å². The number of benzene rings is 1. The fraction of sp³-hybridized carbons (Fsp3) is 0.294. The van der Waals surface area contributed by atoms with Crippen LogP contribution in [0.2, 0.25) is 0 Å². The first-order valence-corrected chi connectivity index (χ1v) is 7.33. The molecule has 4 heteroatoms. The summed E-state index contributed by atoms with van der Waals surface area (Å²) in [6, 6.07) is 9.94. The third-order valence-corrected chi connectivity index (χ3v) is 3.71. The van der Waals surface area contributed by atoms with E-state index < -0.39 is 0 Å². The summed E-state index contributed by atoms with van der Waals surface area (Å²) in [5.74, 6) is 0.524. The lowest BCUT2D eigenvalue weighted by atomic mass is 10.1. The van der Waals surface area contributed by atoms with Gasteiger partial charge in [-0.15, -0.1) is 0 Å². The minimum atomic E-state index is 0.110. The molecule has 1 aromatic heterocycles. The second-order valence-electron chi connectivity index (χ2n) is 5.38. The van der Waals surface area contributed by atoms with Gasteiger partial charge in [0.1, 0.15) is 0 Å². The Morgan fingerprint density at radius 3 is 2.95 bits per heavy atom. The maximum atomic E-state index is 11.9. The van der Waals surface area contributed by atoms with Gasteiger partial charge in [-0.3, -0.25) is 4.79 Å². The molecule has 1 heterocycles. The summed E-state index contributed by atoms with van der Waals surface area (Å²) in [7, 11) is 0. The number of para-hydroxylation sites is 1. The van der Waals surface area contributed by atoms with Crippen LogP contribution in [0.25, 0.3) is 5.69 Å². The molecule has 1 unspecified atom stereocenters. The number of nitrogens with zero attached hydrogens (tertiary/aromatic N) is 2. The zero-order valence-corrected chi connectivity index (χ0v) is 11.9. The average molecular weight is 281 g/mol. The molecule has 1 aliphatic rings. The van der Waals surface area contributed by atoms with E-state index in [2.05, 4.69) is 22.6 Å². The van der Waals surface area contributed by atoms with Gasteiger partial charge in [-0.25, -0.2) is 4.68 Å². The molecular weight excluding hydrogens is 262 g/mol. The highest BCUT2D eigenvalue weighted by Crippen LogP contribution is 2.20. The largest absolute Gasteiger partial charge is 0.352 e. The first-order chi connectivity index (χ1) is 10.3. The van der Waals surface area contributed by atoms with Crippen LogP contribution >= 0.6 is 0 Å². The summed E-state index contributed by atoms with van der Waals surface area (Å²) in [5, 5.41) is 7.29. The number of nitrogens with one attached hydrogen (secondary N) is 1. The van der Waals surface area contributed by atoms with Crippen molar-refractivity contribution in [3.8, 4) is 5.69 Å². The minimum absolute atomic E-state index is 0.110. The maximum absolute atomic E-state index is 11.9. The molecule has 0 spiro atoms. The van der Waals surface area contributed by atoms with Crippen molar-refractivity contribution in [1.82, 2.24) is 15.1 Å². The molecule has 3 rings (SSSR count). The van der Waals surface area contributed by atoms with E-state index in [4.69, 9.17) is 0 Å².